The van der Waals surface area contributed by atoms with Crippen molar-refractivity contribution in [1.82, 2.24) is 4.90 Å². The van der Waals surface area contributed by atoms with Gasteiger partial charge in [-0.25, -0.2) is 0 Å². The van der Waals surface area contributed by atoms with E-state index in [0.29, 0.717) is 0 Å². The van der Waals surface area contributed by atoms with E-state index in [-0.39, 0.29) is 0 Å². The molecule has 6 radical (unpaired) electrons. The molecular formula is C7H8B3NO. The zero-order valence-electron chi connectivity index (χ0n) is 7.03. The topological polar surface area (TPSA) is 20.3 Å². The van der Waals surface area contributed by atoms with Gasteiger partial charge in [-0.1, -0.05) is 17.9 Å². The van der Waals surface area contributed by atoms with Crippen molar-refractivity contribution in [2.75, 3.05) is 0 Å². The van der Waals surface area contributed by atoms with E-state index in [1.54, 1.807) is 13.0 Å². The second kappa shape index (κ2) is 4.24. The molecule has 0 atom stereocenters. The van der Waals surface area contributed by atoms with E-state index in [9.17, 15) is 4.79 Å². The van der Waals surface area contributed by atoms with Crippen molar-refractivity contribution in [3.63, 3.8) is 0 Å². The molecule has 0 heterocycles. The highest BCUT2D eigenvalue weighted by Crippen LogP contribution is 2.04. The molecule has 0 aliphatic rings. The second-order valence-electron chi connectivity index (χ2n) is 2.28. The summed E-state index contributed by atoms with van der Waals surface area (Å²) < 4.78 is 0. The zero-order valence-corrected chi connectivity index (χ0v) is 7.03. The van der Waals surface area contributed by atoms with E-state index in [4.69, 9.17) is 23.5 Å². The minimum absolute atomic E-state index is 0.444. The molecule has 5 heteroatoms. The molecule has 0 aliphatic carbocycles. The van der Waals surface area contributed by atoms with Gasteiger partial charge in [-0.15, -0.1) is 0 Å². The van der Waals surface area contributed by atoms with Crippen molar-refractivity contribution >= 4 is 29.4 Å². The first-order valence-corrected chi connectivity index (χ1v) is 3.38. The van der Waals surface area contributed by atoms with Crippen LogP contribution in [0.3, 0.4) is 0 Å². The van der Waals surface area contributed by atoms with Gasteiger partial charge in [0.05, 0.1) is 23.5 Å². The van der Waals surface area contributed by atoms with Crippen LogP contribution in [0.15, 0.2) is 24.9 Å². The van der Waals surface area contributed by atoms with Crippen LogP contribution >= 0.6 is 0 Å². The summed E-state index contributed by atoms with van der Waals surface area (Å²) in [4.78, 5) is 12.1. The van der Waals surface area contributed by atoms with E-state index < -0.39 is 11.1 Å². The quantitative estimate of drug-likeness (QED) is 0.402. The van der Waals surface area contributed by atoms with Gasteiger partial charge >= 0.3 is 0 Å². The first-order valence-electron chi connectivity index (χ1n) is 3.38. The molecule has 12 heavy (non-hydrogen) atoms. The minimum atomic E-state index is -1.68. The Balaban J connectivity index is 4.67. The Morgan fingerprint density at radius 3 is 2.25 bits per heavy atom. The molecule has 2 nitrogen and oxygen atoms in total. The van der Waals surface area contributed by atoms with Gasteiger partial charge in [0.1, 0.15) is 0 Å². The summed E-state index contributed by atoms with van der Waals surface area (Å²) in [5.41, 5.74) is 0. The van der Waals surface area contributed by atoms with Gasteiger partial charge in [0.15, 0.2) is 0 Å². The molecule has 0 rings (SSSR count). The standard InChI is InChI=1S/C7H8B3NO/c1-3-5-11(6(12)4-2)7(8,9)10/h3-5H,2H2,1H3/b5-3-. The van der Waals surface area contributed by atoms with Crippen LogP contribution in [0.4, 0.5) is 0 Å². The molecular weight excluding hydrogens is 147 g/mol. The Bertz CT molecular complexity index is 207. The molecule has 0 bridgehead atoms. The molecule has 0 aromatic carbocycles. The molecule has 0 spiro atoms. The van der Waals surface area contributed by atoms with Gasteiger partial charge in [-0.05, 0) is 13.0 Å². The van der Waals surface area contributed by atoms with Crippen LogP contribution in [-0.2, 0) is 4.79 Å². The van der Waals surface area contributed by atoms with Crippen molar-refractivity contribution in [2.45, 2.75) is 12.2 Å². The summed E-state index contributed by atoms with van der Waals surface area (Å²) in [6.45, 7) is 5.00. The monoisotopic (exact) mass is 155 g/mol. The van der Waals surface area contributed by atoms with Crippen molar-refractivity contribution in [2.24, 2.45) is 0 Å². The van der Waals surface area contributed by atoms with Crippen LogP contribution in [0, 0.1) is 0 Å². The third kappa shape index (κ3) is 3.03. The van der Waals surface area contributed by atoms with Crippen LogP contribution in [0.5, 0.6) is 0 Å². The summed E-state index contributed by atoms with van der Waals surface area (Å²) in [5, 5.41) is -1.68. The molecule has 0 aromatic heterocycles. The van der Waals surface area contributed by atoms with Crippen LogP contribution in [0.2, 0.25) is 0 Å². The van der Waals surface area contributed by atoms with Gasteiger partial charge in [0.25, 0.3) is 0 Å². The van der Waals surface area contributed by atoms with Crippen LogP contribution in [0.1, 0.15) is 6.92 Å². The van der Waals surface area contributed by atoms with Crippen molar-refractivity contribution in [1.29, 1.82) is 0 Å². The first-order chi connectivity index (χ1) is 5.43. The normalized spacial score (nSPS) is 11.4. The molecule has 0 N–H and O–H groups in total. The predicted molar refractivity (Wildman–Crippen MR) is 51.9 cm³/mol. The maximum atomic E-state index is 11.1. The van der Waals surface area contributed by atoms with Crippen molar-refractivity contribution in [3.8, 4) is 0 Å². The summed E-state index contributed by atoms with van der Waals surface area (Å²) in [6.07, 6.45) is 4.08. The zero-order chi connectivity index (χ0) is 9.78. The van der Waals surface area contributed by atoms with Gasteiger partial charge in [0.2, 0.25) is 5.91 Å². The number of amides is 1. The number of carbonyl (C=O) groups excluding carboxylic acids is 1. The van der Waals surface area contributed by atoms with Crippen LogP contribution < -0.4 is 0 Å². The predicted octanol–water partition coefficient (Wildman–Crippen LogP) is -0.349. The SMILES string of the molecule is [B]C([B])([B])N(/C=C\C)C(=O)C=C. The number of rotatable bonds is 3. The Labute approximate surface area is 76.9 Å². The summed E-state index contributed by atoms with van der Waals surface area (Å²) in [7, 11) is 15.9. The summed E-state index contributed by atoms with van der Waals surface area (Å²) >= 11 is 0. The highest BCUT2D eigenvalue weighted by molar-refractivity contribution is 6.59. The maximum absolute atomic E-state index is 11.1. The van der Waals surface area contributed by atoms with Crippen molar-refractivity contribution in [3.05, 3.63) is 24.9 Å². The molecule has 56 valence electrons. The number of allylic oxidation sites excluding steroid dienone is 1. The highest BCUT2D eigenvalue weighted by Gasteiger charge is 2.20. The van der Waals surface area contributed by atoms with Gasteiger partial charge in [-0.3, -0.25) is 4.79 Å². The summed E-state index contributed by atoms with van der Waals surface area (Å²) in [6, 6.07) is 0. The van der Waals surface area contributed by atoms with Gasteiger partial charge in [0, 0.05) is 6.20 Å². The molecule has 0 saturated carbocycles. The Hall–Kier alpha value is -0.855. The fourth-order valence-corrected chi connectivity index (χ4v) is 0.641. The molecule has 0 aliphatic heterocycles. The second-order valence-corrected chi connectivity index (χ2v) is 2.28. The molecule has 0 aromatic rings. The largest absolute Gasteiger partial charge is 0.336 e. The van der Waals surface area contributed by atoms with E-state index in [2.05, 4.69) is 6.58 Å². The smallest absolute Gasteiger partial charge is 0.248 e. The number of hydrogen-bond donors (Lipinski definition) is 0. The fraction of sp³-hybridized carbons (Fsp3) is 0.286. The lowest BCUT2D eigenvalue weighted by Gasteiger charge is -2.33. The third-order valence-electron chi connectivity index (χ3n) is 1.13. The van der Waals surface area contributed by atoms with Crippen LogP contribution in [-0.4, -0.2) is 39.6 Å². The number of carbonyl (C=O) groups is 1. The van der Waals surface area contributed by atoms with Crippen LogP contribution in [0.25, 0.3) is 0 Å². The van der Waals surface area contributed by atoms with E-state index >= 15 is 0 Å². The lowest BCUT2D eigenvalue weighted by Crippen LogP contribution is -2.50. The molecule has 0 saturated heterocycles. The lowest BCUT2D eigenvalue weighted by molar-refractivity contribution is -0.123. The third-order valence-corrected chi connectivity index (χ3v) is 1.13. The number of nitrogens with zero attached hydrogens (tertiary/aromatic N) is 1. The Morgan fingerprint density at radius 2 is 2.00 bits per heavy atom. The summed E-state index contributed by atoms with van der Waals surface area (Å²) in [5.74, 6) is -0.444. The first kappa shape index (κ1) is 11.1. The fourth-order valence-electron chi connectivity index (χ4n) is 0.641. The highest BCUT2D eigenvalue weighted by atomic mass is 16.2. The van der Waals surface area contributed by atoms with Gasteiger partial charge < -0.3 is 4.90 Å². The number of hydrogen-bond acceptors (Lipinski definition) is 1. The van der Waals surface area contributed by atoms with E-state index in [1.165, 1.54) is 6.20 Å². The average Bonchev–Trinajstić information content (AvgIpc) is 1.96. The average molecular weight is 155 g/mol. The Kier molecular flexibility index (Phi) is 3.94. The molecule has 0 fully saturated rings. The lowest BCUT2D eigenvalue weighted by atomic mass is 9.48. The van der Waals surface area contributed by atoms with Crippen molar-refractivity contribution < 1.29 is 4.79 Å². The van der Waals surface area contributed by atoms with Gasteiger partial charge in [-0.2, -0.15) is 0 Å². The minimum Gasteiger partial charge on any atom is -0.336 e. The maximum Gasteiger partial charge on any atom is 0.248 e. The molecule has 1 amide bonds. The van der Waals surface area contributed by atoms with E-state index in [1.807, 2.05) is 0 Å². The van der Waals surface area contributed by atoms with E-state index in [0.717, 1.165) is 11.0 Å². The molecule has 0 unspecified atom stereocenters. The Morgan fingerprint density at radius 1 is 1.50 bits per heavy atom.